The number of nitrogens with zero attached hydrogens (tertiary/aromatic N) is 3. The summed E-state index contributed by atoms with van der Waals surface area (Å²) in [5.41, 5.74) is 11.9. The number of primary amides is 1. The van der Waals surface area contributed by atoms with Gasteiger partial charge in [0.15, 0.2) is 0 Å². The Morgan fingerprint density at radius 1 is 1.40 bits per heavy atom. The van der Waals surface area contributed by atoms with Gasteiger partial charge >= 0.3 is 5.97 Å². The van der Waals surface area contributed by atoms with Gasteiger partial charge in [-0.05, 0) is 13.8 Å². The van der Waals surface area contributed by atoms with Crippen molar-refractivity contribution in [3.05, 3.63) is 17.6 Å². The molecule has 2 rings (SSSR count). The van der Waals surface area contributed by atoms with Crippen LogP contribution in [0.3, 0.4) is 0 Å². The molecular formula is C15H21N5O5. The summed E-state index contributed by atoms with van der Waals surface area (Å²) in [6, 6.07) is 0. The van der Waals surface area contributed by atoms with Crippen molar-refractivity contribution in [1.82, 2.24) is 14.5 Å². The molecule has 136 valence electrons. The molecule has 5 N–H and O–H groups in total. The molecule has 2 aromatic rings. The molecule has 2 aromatic heterocycles. The molecule has 0 unspecified atom stereocenters. The Labute approximate surface area is 143 Å². The van der Waals surface area contributed by atoms with E-state index in [1.807, 2.05) is 0 Å². The number of aliphatic hydroxyl groups excluding tert-OH is 1. The SMILES string of the molecule is CCOC(=O)CO[C@H](CO)Cn1cc(C(N)=O)c2c(N)nc(C)nc21. The van der Waals surface area contributed by atoms with E-state index in [-0.39, 0.29) is 37.7 Å². The first-order chi connectivity index (χ1) is 11.9. The standard InChI is InChI=1S/C15H21N5O5/c1-3-24-11(22)7-25-9(6-21)4-20-5-10(14(17)23)12-13(16)18-8(2)19-15(12)20/h5,9,21H,3-4,6-7H2,1-2H3,(H2,17,23)(H2,16,18,19)/t9-/m0/s1. The molecule has 25 heavy (non-hydrogen) atoms. The Kier molecular flexibility index (Phi) is 5.88. The van der Waals surface area contributed by atoms with E-state index in [1.54, 1.807) is 18.4 Å². The smallest absolute Gasteiger partial charge is 0.332 e. The highest BCUT2D eigenvalue weighted by atomic mass is 16.6. The molecule has 0 fully saturated rings. The van der Waals surface area contributed by atoms with E-state index < -0.39 is 18.0 Å². The maximum absolute atomic E-state index is 11.7. The van der Waals surface area contributed by atoms with Gasteiger partial charge in [0.1, 0.15) is 23.9 Å². The molecule has 0 saturated heterocycles. The van der Waals surface area contributed by atoms with Crippen LogP contribution in [0, 0.1) is 6.92 Å². The third-order valence-electron chi connectivity index (χ3n) is 3.47. The number of esters is 1. The Hall–Kier alpha value is -2.72. The average Bonchev–Trinajstić information content (AvgIpc) is 2.90. The fourth-order valence-electron chi connectivity index (χ4n) is 2.42. The second-order valence-corrected chi connectivity index (χ2v) is 5.33. The van der Waals surface area contributed by atoms with E-state index in [4.69, 9.17) is 20.9 Å². The second kappa shape index (κ2) is 7.90. The molecule has 0 spiro atoms. The summed E-state index contributed by atoms with van der Waals surface area (Å²) in [6.07, 6.45) is 0.769. The number of rotatable bonds is 8. The van der Waals surface area contributed by atoms with Crippen molar-refractivity contribution in [3.8, 4) is 0 Å². The van der Waals surface area contributed by atoms with Gasteiger partial charge in [-0.3, -0.25) is 4.79 Å². The number of amides is 1. The number of aryl methyl sites for hydroxylation is 1. The maximum Gasteiger partial charge on any atom is 0.332 e. The largest absolute Gasteiger partial charge is 0.464 e. The van der Waals surface area contributed by atoms with Gasteiger partial charge < -0.3 is 30.6 Å². The minimum Gasteiger partial charge on any atom is -0.464 e. The summed E-state index contributed by atoms with van der Waals surface area (Å²) in [6.45, 7) is 3.09. The van der Waals surface area contributed by atoms with Crippen LogP contribution >= 0.6 is 0 Å². The van der Waals surface area contributed by atoms with Gasteiger partial charge in [0.2, 0.25) is 0 Å². The highest BCUT2D eigenvalue weighted by Crippen LogP contribution is 2.25. The lowest BCUT2D eigenvalue weighted by atomic mass is 10.2. The molecule has 0 aromatic carbocycles. The number of hydrogen-bond acceptors (Lipinski definition) is 8. The van der Waals surface area contributed by atoms with Crippen molar-refractivity contribution in [1.29, 1.82) is 0 Å². The lowest BCUT2D eigenvalue weighted by Gasteiger charge is -2.16. The van der Waals surface area contributed by atoms with Gasteiger partial charge in [0.05, 0.1) is 36.8 Å². The van der Waals surface area contributed by atoms with Crippen molar-refractivity contribution in [3.63, 3.8) is 0 Å². The number of carbonyl (C=O) groups is 2. The van der Waals surface area contributed by atoms with Crippen molar-refractivity contribution in [2.24, 2.45) is 5.73 Å². The normalized spacial score (nSPS) is 12.3. The number of anilines is 1. The van der Waals surface area contributed by atoms with E-state index >= 15 is 0 Å². The van der Waals surface area contributed by atoms with E-state index in [9.17, 15) is 14.7 Å². The summed E-state index contributed by atoms with van der Waals surface area (Å²) >= 11 is 0. The zero-order valence-corrected chi connectivity index (χ0v) is 14.1. The summed E-state index contributed by atoms with van der Waals surface area (Å²) in [5, 5.41) is 9.84. The van der Waals surface area contributed by atoms with E-state index in [1.165, 1.54) is 6.20 Å². The Balaban J connectivity index is 2.30. The second-order valence-electron chi connectivity index (χ2n) is 5.33. The Morgan fingerprint density at radius 2 is 2.12 bits per heavy atom. The lowest BCUT2D eigenvalue weighted by molar-refractivity contribution is -0.151. The zero-order chi connectivity index (χ0) is 18.6. The van der Waals surface area contributed by atoms with E-state index in [0.29, 0.717) is 16.9 Å². The average molecular weight is 351 g/mol. The zero-order valence-electron chi connectivity index (χ0n) is 14.1. The Morgan fingerprint density at radius 3 is 2.72 bits per heavy atom. The molecule has 0 saturated carbocycles. The number of aliphatic hydroxyl groups is 1. The van der Waals surface area contributed by atoms with Gasteiger partial charge in [-0.2, -0.15) is 0 Å². The summed E-state index contributed by atoms with van der Waals surface area (Å²) < 4.78 is 11.7. The highest BCUT2D eigenvalue weighted by molar-refractivity contribution is 6.08. The maximum atomic E-state index is 11.7. The van der Waals surface area contributed by atoms with Crippen molar-refractivity contribution in [2.45, 2.75) is 26.5 Å². The molecule has 0 bridgehead atoms. The summed E-state index contributed by atoms with van der Waals surface area (Å²) in [5.74, 6) is -0.633. The summed E-state index contributed by atoms with van der Waals surface area (Å²) in [4.78, 5) is 31.4. The van der Waals surface area contributed by atoms with Crippen LogP contribution in [0.25, 0.3) is 11.0 Å². The van der Waals surface area contributed by atoms with Crippen LogP contribution in [-0.2, 0) is 20.8 Å². The van der Waals surface area contributed by atoms with Crippen molar-refractivity contribution < 1.29 is 24.2 Å². The topological polar surface area (TPSA) is 156 Å². The monoisotopic (exact) mass is 351 g/mol. The van der Waals surface area contributed by atoms with Crippen molar-refractivity contribution in [2.75, 3.05) is 25.6 Å². The number of hydrogen-bond donors (Lipinski definition) is 3. The van der Waals surface area contributed by atoms with Crippen LogP contribution < -0.4 is 11.5 Å². The van der Waals surface area contributed by atoms with E-state index in [0.717, 1.165) is 0 Å². The molecule has 0 aliphatic rings. The van der Waals surface area contributed by atoms with Crippen LogP contribution in [-0.4, -0.2) is 57.4 Å². The molecule has 0 aliphatic carbocycles. The van der Waals surface area contributed by atoms with Crippen LogP contribution in [0.15, 0.2) is 6.20 Å². The molecule has 0 radical (unpaired) electrons. The van der Waals surface area contributed by atoms with Gasteiger partial charge in [0.25, 0.3) is 5.91 Å². The minimum absolute atomic E-state index is 0.135. The number of aromatic nitrogens is 3. The van der Waals surface area contributed by atoms with Gasteiger partial charge in [-0.25, -0.2) is 14.8 Å². The number of nitrogen functional groups attached to an aromatic ring is 1. The van der Waals surface area contributed by atoms with Gasteiger partial charge in [-0.15, -0.1) is 0 Å². The molecule has 10 heteroatoms. The fraction of sp³-hybridized carbons (Fsp3) is 0.467. The van der Waals surface area contributed by atoms with Crippen LogP contribution in [0.5, 0.6) is 0 Å². The molecule has 1 amide bonds. The number of fused-ring (bicyclic) bond motifs is 1. The first-order valence-corrected chi connectivity index (χ1v) is 7.68. The molecular weight excluding hydrogens is 330 g/mol. The van der Waals surface area contributed by atoms with Crippen LogP contribution in [0.2, 0.25) is 0 Å². The van der Waals surface area contributed by atoms with Gasteiger partial charge in [0, 0.05) is 6.20 Å². The highest BCUT2D eigenvalue weighted by Gasteiger charge is 2.20. The molecule has 1 atom stereocenters. The molecule has 10 nitrogen and oxygen atoms in total. The third kappa shape index (κ3) is 4.22. The number of ether oxygens (including phenoxy) is 2. The quantitative estimate of drug-likeness (QED) is 0.530. The molecule has 2 heterocycles. The first-order valence-electron chi connectivity index (χ1n) is 7.68. The lowest BCUT2D eigenvalue weighted by Crippen LogP contribution is -2.27. The van der Waals surface area contributed by atoms with Crippen LogP contribution in [0.1, 0.15) is 23.1 Å². The fourth-order valence-corrected chi connectivity index (χ4v) is 2.42. The molecule has 0 aliphatic heterocycles. The van der Waals surface area contributed by atoms with Crippen LogP contribution in [0.4, 0.5) is 5.82 Å². The summed E-state index contributed by atoms with van der Waals surface area (Å²) in [7, 11) is 0. The number of carbonyl (C=O) groups excluding carboxylic acids is 2. The minimum atomic E-state index is -0.711. The number of nitrogens with two attached hydrogens (primary N) is 2. The third-order valence-corrected chi connectivity index (χ3v) is 3.47. The van der Waals surface area contributed by atoms with Crippen molar-refractivity contribution >= 4 is 28.7 Å². The van der Waals surface area contributed by atoms with Gasteiger partial charge in [-0.1, -0.05) is 0 Å². The predicted molar refractivity (Wildman–Crippen MR) is 88.7 cm³/mol. The first kappa shape index (κ1) is 18.6. The Bertz CT molecular complexity index is 788. The predicted octanol–water partition coefficient (Wildman–Crippen LogP) is -0.639. The van der Waals surface area contributed by atoms with E-state index in [2.05, 4.69) is 9.97 Å².